The molecule has 6 nitrogen and oxygen atoms in total. The summed E-state index contributed by atoms with van der Waals surface area (Å²) in [4.78, 5) is 31.2. The summed E-state index contributed by atoms with van der Waals surface area (Å²) in [5.74, 6) is -0.113. The zero-order chi connectivity index (χ0) is 30.4. The monoisotopic (exact) mass is 594 g/mol. The number of methoxy groups -OCH3 is 1. The number of para-hydroxylation sites is 1. The molecule has 0 saturated heterocycles. The SMILES string of the molecule is COc1nc2ccc(C(=O)c3cn(C(=O)OC(C)(C)C)c4ccccc34)cc2c(Cl)c1Cc1ccc(C(F)(F)F)cc1. The minimum Gasteiger partial charge on any atom is -0.481 e. The first kappa shape index (κ1) is 29.1. The Morgan fingerprint density at radius 3 is 2.29 bits per heavy atom. The standard InChI is InChI=1S/C32H26ClF3N2O4/c1-31(2,3)42-30(40)38-17-24(21-7-5-6-8-26(21)38)28(39)19-11-14-25-22(16-19)27(33)23(29(37-25)41-4)15-18-9-12-20(13-10-18)32(34,35)36/h5-14,16-17H,15H2,1-4H3. The molecule has 0 bridgehead atoms. The van der Waals surface area contributed by atoms with Crippen molar-refractivity contribution in [1.82, 2.24) is 9.55 Å². The van der Waals surface area contributed by atoms with Gasteiger partial charge >= 0.3 is 12.3 Å². The first-order valence-corrected chi connectivity index (χ1v) is 13.3. The Kier molecular flexibility index (Phi) is 7.49. The predicted octanol–water partition coefficient (Wildman–Crippen LogP) is 8.48. The number of halogens is 4. The highest BCUT2D eigenvalue weighted by Gasteiger charge is 2.30. The van der Waals surface area contributed by atoms with Crippen LogP contribution in [0.5, 0.6) is 5.88 Å². The molecule has 0 N–H and O–H groups in total. The number of nitrogens with zero attached hydrogens (tertiary/aromatic N) is 2. The minimum atomic E-state index is -4.44. The van der Waals surface area contributed by atoms with Crippen LogP contribution in [0.15, 0.2) is 72.9 Å². The lowest BCUT2D eigenvalue weighted by Crippen LogP contribution is -2.26. The summed E-state index contributed by atoms with van der Waals surface area (Å²) >= 11 is 6.83. The van der Waals surface area contributed by atoms with Gasteiger partial charge in [0.2, 0.25) is 5.88 Å². The largest absolute Gasteiger partial charge is 0.481 e. The highest BCUT2D eigenvalue weighted by molar-refractivity contribution is 6.36. The van der Waals surface area contributed by atoms with Gasteiger partial charge in [-0.15, -0.1) is 0 Å². The molecule has 216 valence electrons. The van der Waals surface area contributed by atoms with Crippen molar-refractivity contribution >= 4 is 45.3 Å². The lowest BCUT2D eigenvalue weighted by Gasteiger charge is -2.19. The molecular formula is C32H26ClF3N2O4. The van der Waals surface area contributed by atoms with Crippen molar-refractivity contribution in [3.05, 3.63) is 106 Å². The highest BCUT2D eigenvalue weighted by Crippen LogP contribution is 2.36. The van der Waals surface area contributed by atoms with Gasteiger partial charge in [-0.25, -0.2) is 9.78 Å². The van der Waals surface area contributed by atoms with Crippen LogP contribution in [0, 0.1) is 0 Å². The summed E-state index contributed by atoms with van der Waals surface area (Å²) in [6, 6.07) is 16.7. The van der Waals surface area contributed by atoms with Gasteiger partial charge in [-0.1, -0.05) is 41.9 Å². The number of hydrogen-bond acceptors (Lipinski definition) is 5. The van der Waals surface area contributed by atoms with Crippen LogP contribution in [-0.4, -0.2) is 34.1 Å². The first-order chi connectivity index (χ1) is 19.8. The molecule has 2 aromatic heterocycles. The number of aromatic nitrogens is 2. The van der Waals surface area contributed by atoms with Crippen molar-refractivity contribution in [2.75, 3.05) is 7.11 Å². The minimum absolute atomic E-state index is 0.157. The molecule has 42 heavy (non-hydrogen) atoms. The third kappa shape index (κ3) is 5.69. The van der Waals surface area contributed by atoms with E-state index in [1.165, 1.54) is 30.0 Å². The molecule has 0 spiro atoms. The van der Waals surface area contributed by atoms with Crippen molar-refractivity contribution in [3.8, 4) is 5.88 Å². The molecule has 5 aromatic rings. The fourth-order valence-corrected chi connectivity index (χ4v) is 5.00. The molecule has 0 aliphatic heterocycles. The summed E-state index contributed by atoms with van der Waals surface area (Å²) in [5.41, 5.74) is 1.18. The van der Waals surface area contributed by atoms with Crippen molar-refractivity contribution in [3.63, 3.8) is 0 Å². The number of hydrogen-bond donors (Lipinski definition) is 0. The number of alkyl halides is 3. The van der Waals surface area contributed by atoms with E-state index in [2.05, 4.69) is 4.98 Å². The smallest absolute Gasteiger partial charge is 0.419 e. The van der Waals surface area contributed by atoms with Crippen molar-refractivity contribution < 1.29 is 32.2 Å². The molecule has 10 heteroatoms. The summed E-state index contributed by atoms with van der Waals surface area (Å²) in [6.07, 6.45) is -3.43. The van der Waals surface area contributed by atoms with Crippen LogP contribution in [0.25, 0.3) is 21.8 Å². The number of ketones is 1. The molecular weight excluding hydrogens is 569 g/mol. The topological polar surface area (TPSA) is 70.4 Å². The Hall–Kier alpha value is -4.37. The third-order valence-corrected chi connectivity index (χ3v) is 7.07. The van der Waals surface area contributed by atoms with E-state index in [0.29, 0.717) is 44.1 Å². The number of benzene rings is 3. The van der Waals surface area contributed by atoms with E-state index in [0.717, 1.165) is 12.1 Å². The third-order valence-electron chi connectivity index (χ3n) is 6.64. The van der Waals surface area contributed by atoms with E-state index < -0.39 is 23.4 Å². The van der Waals surface area contributed by atoms with Crippen molar-refractivity contribution in [1.29, 1.82) is 0 Å². The normalized spacial score (nSPS) is 12.1. The summed E-state index contributed by atoms with van der Waals surface area (Å²) in [6.45, 7) is 5.28. The fourth-order valence-electron chi connectivity index (χ4n) is 4.70. The van der Waals surface area contributed by atoms with E-state index in [1.54, 1.807) is 63.2 Å². The molecule has 3 aromatic carbocycles. The van der Waals surface area contributed by atoms with E-state index in [-0.39, 0.29) is 23.1 Å². The zero-order valence-corrected chi connectivity index (χ0v) is 23.9. The number of carbonyl (C=O) groups excluding carboxylic acids is 2. The van der Waals surface area contributed by atoms with Gasteiger partial charge in [-0.05, 0) is 62.7 Å². The number of fused-ring (bicyclic) bond motifs is 2. The quantitative estimate of drug-likeness (QED) is 0.191. The average molecular weight is 595 g/mol. The second-order valence-electron chi connectivity index (χ2n) is 10.8. The van der Waals surface area contributed by atoms with Gasteiger partial charge in [0.25, 0.3) is 0 Å². The van der Waals surface area contributed by atoms with Crippen LogP contribution >= 0.6 is 11.6 Å². The van der Waals surface area contributed by atoms with Crippen LogP contribution in [0.4, 0.5) is 18.0 Å². The van der Waals surface area contributed by atoms with Crippen molar-refractivity contribution in [2.24, 2.45) is 0 Å². The molecule has 0 unspecified atom stereocenters. The maximum atomic E-state index is 13.8. The van der Waals surface area contributed by atoms with E-state index in [9.17, 15) is 22.8 Å². The van der Waals surface area contributed by atoms with Crippen LogP contribution in [-0.2, 0) is 17.3 Å². The summed E-state index contributed by atoms with van der Waals surface area (Å²) in [7, 11) is 1.43. The first-order valence-electron chi connectivity index (χ1n) is 13.0. The Morgan fingerprint density at radius 1 is 0.952 bits per heavy atom. The summed E-state index contributed by atoms with van der Waals surface area (Å²) in [5, 5.41) is 1.32. The molecule has 0 fully saturated rings. The lowest BCUT2D eigenvalue weighted by atomic mass is 9.98. The molecule has 0 aliphatic rings. The van der Waals surface area contributed by atoms with Crippen LogP contribution in [0.1, 0.15) is 53.4 Å². The van der Waals surface area contributed by atoms with E-state index >= 15 is 0 Å². The average Bonchev–Trinajstić information content (AvgIpc) is 3.33. The number of ether oxygens (including phenoxy) is 2. The molecule has 0 radical (unpaired) electrons. The zero-order valence-electron chi connectivity index (χ0n) is 23.2. The van der Waals surface area contributed by atoms with Gasteiger partial charge in [-0.2, -0.15) is 13.2 Å². The summed E-state index contributed by atoms with van der Waals surface area (Å²) < 4.78 is 51.4. The van der Waals surface area contributed by atoms with Crippen LogP contribution in [0.3, 0.4) is 0 Å². The maximum Gasteiger partial charge on any atom is 0.419 e. The van der Waals surface area contributed by atoms with Gasteiger partial charge in [-0.3, -0.25) is 9.36 Å². The number of carbonyl (C=O) groups is 2. The van der Waals surface area contributed by atoms with E-state index in [4.69, 9.17) is 21.1 Å². The van der Waals surface area contributed by atoms with Gasteiger partial charge < -0.3 is 9.47 Å². The van der Waals surface area contributed by atoms with Gasteiger partial charge in [0.05, 0.1) is 28.7 Å². The van der Waals surface area contributed by atoms with Gasteiger partial charge in [0.1, 0.15) is 5.60 Å². The molecule has 0 saturated carbocycles. The molecule has 0 aliphatic carbocycles. The number of pyridine rings is 1. The number of rotatable bonds is 5. The van der Waals surface area contributed by atoms with Crippen molar-refractivity contribution in [2.45, 2.75) is 39.0 Å². The maximum absolute atomic E-state index is 13.8. The van der Waals surface area contributed by atoms with Gasteiger partial charge in [0, 0.05) is 40.1 Å². The Morgan fingerprint density at radius 2 is 1.64 bits per heavy atom. The second kappa shape index (κ2) is 10.8. The molecule has 2 heterocycles. The Labute approximate surface area is 244 Å². The molecule has 0 atom stereocenters. The second-order valence-corrected chi connectivity index (χ2v) is 11.1. The highest BCUT2D eigenvalue weighted by atomic mass is 35.5. The lowest BCUT2D eigenvalue weighted by molar-refractivity contribution is -0.137. The predicted molar refractivity (Wildman–Crippen MR) is 155 cm³/mol. The molecule has 0 amide bonds. The Balaban J connectivity index is 1.55. The molecule has 5 rings (SSSR count). The van der Waals surface area contributed by atoms with Crippen LogP contribution in [0.2, 0.25) is 5.02 Å². The van der Waals surface area contributed by atoms with Crippen LogP contribution < -0.4 is 4.74 Å². The fraction of sp³-hybridized carbons (Fsp3) is 0.219. The van der Waals surface area contributed by atoms with Gasteiger partial charge in [0.15, 0.2) is 5.78 Å². The Bertz CT molecular complexity index is 1840. The van der Waals surface area contributed by atoms with E-state index in [1.807, 2.05) is 0 Å².